The Kier molecular flexibility index (Phi) is 8.05. The Labute approximate surface area is 256 Å². The molecule has 3 aliphatic rings. The second-order valence-electron chi connectivity index (χ2n) is 11.2. The number of phenols is 1. The second kappa shape index (κ2) is 12.1. The fraction of sp³-hybridized carbons (Fsp3) is 0.314. The van der Waals surface area contributed by atoms with Gasteiger partial charge < -0.3 is 14.6 Å². The van der Waals surface area contributed by atoms with Gasteiger partial charge in [-0.2, -0.15) is 5.10 Å². The average molecular weight is 594 g/mol. The first kappa shape index (κ1) is 29.3. The highest BCUT2D eigenvalue weighted by Gasteiger charge is 2.59. The number of hydrogen-bond acceptors (Lipinski definition) is 9. The number of anilines is 1. The standard InChI is InChI=1S/C35H35N3O6/c1-4-43-34(41)28-26(21-12-8-6-9-13-21)30(35(42)44-5-2)32(40)29-27(28)25-20(3)37-38(23-14-10-7-11-15-23)33(25)36-31(29)22-16-18-24(39)19-17-22/h6-19,25-26,28,30-31,33,36,39H,4-5H2,1-3H3/t25-,26-,28+,30-,31+,33+/m0/s1. The Balaban J connectivity index is 1.63. The molecule has 0 radical (unpaired) electrons. The van der Waals surface area contributed by atoms with Crippen LogP contribution >= 0.6 is 0 Å². The van der Waals surface area contributed by atoms with Gasteiger partial charge in [-0.15, -0.1) is 0 Å². The van der Waals surface area contributed by atoms with Gasteiger partial charge in [0.25, 0.3) is 0 Å². The van der Waals surface area contributed by atoms with Crippen molar-refractivity contribution in [2.75, 3.05) is 18.2 Å². The number of aromatic hydroxyl groups is 1. The Bertz CT molecular complexity index is 1620. The topological polar surface area (TPSA) is 118 Å². The number of carbonyl (C=O) groups is 3. The van der Waals surface area contributed by atoms with Crippen LogP contribution in [0.5, 0.6) is 5.75 Å². The Morgan fingerprint density at radius 3 is 2.05 bits per heavy atom. The largest absolute Gasteiger partial charge is 0.508 e. The zero-order valence-corrected chi connectivity index (χ0v) is 24.8. The summed E-state index contributed by atoms with van der Waals surface area (Å²) in [6.45, 7) is 5.55. The average Bonchev–Trinajstić information content (AvgIpc) is 3.37. The lowest BCUT2D eigenvalue weighted by atomic mass is 9.59. The van der Waals surface area contributed by atoms with Crippen molar-refractivity contribution in [2.24, 2.45) is 22.9 Å². The zero-order chi connectivity index (χ0) is 31.0. The van der Waals surface area contributed by atoms with Gasteiger partial charge in [0.1, 0.15) is 17.8 Å². The molecule has 2 aliphatic heterocycles. The van der Waals surface area contributed by atoms with Gasteiger partial charge in [0.05, 0.1) is 36.8 Å². The van der Waals surface area contributed by atoms with Gasteiger partial charge in [-0.25, -0.2) is 5.01 Å². The summed E-state index contributed by atoms with van der Waals surface area (Å²) in [5.74, 6) is -5.06. The fourth-order valence-corrected chi connectivity index (χ4v) is 6.96. The van der Waals surface area contributed by atoms with E-state index < -0.39 is 53.6 Å². The van der Waals surface area contributed by atoms with Gasteiger partial charge in [-0.3, -0.25) is 19.7 Å². The number of nitrogens with one attached hydrogen (secondary N) is 1. The van der Waals surface area contributed by atoms with Crippen molar-refractivity contribution in [2.45, 2.75) is 38.9 Å². The Morgan fingerprint density at radius 2 is 1.43 bits per heavy atom. The smallest absolute Gasteiger partial charge is 0.317 e. The number of ether oxygens (including phenoxy) is 2. The third-order valence-corrected chi connectivity index (χ3v) is 8.68. The summed E-state index contributed by atoms with van der Waals surface area (Å²) in [6.07, 6.45) is -0.449. The normalized spacial score (nSPS) is 26.0. The molecule has 0 unspecified atom stereocenters. The molecule has 9 nitrogen and oxygen atoms in total. The van der Waals surface area contributed by atoms with E-state index in [0.717, 1.165) is 11.4 Å². The molecule has 0 fully saturated rings. The van der Waals surface area contributed by atoms with Crippen molar-refractivity contribution >= 4 is 29.1 Å². The van der Waals surface area contributed by atoms with Crippen molar-refractivity contribution in [3.63, 3.8) is 0 Å². The first-order valence-corrected chi connectivity index (χ1v) is 15.0. The minimum absolute atomic E-state index is 0.0792. The van der Waals surface area contributed by atoms with E-state index in [9.17, 15) is 19.5 Å². The number of Topliss-reactive ketones (excluding diaryl/α,β-unsaturated/α-hetero) is 1. The number of para-hydroxylation sites is 1. The molecule has 3 aromatic rings. The molecular weight excluding hydrogens is 558 g/mol. The molecule has 3 aromatic carbocycles. The van der Waals surface area contributed by atoms with E-state index in [0.29, 0.717) is 22.3 Å². The summed E-state index contributed by atoms with van der Waals surface area (Å²) in [5, 5.41) is 20.5. The van der Waals surface area contributed by atoms with Crippen molar-refractivity contribution in [1.29, 1.82) is 0 Å². The highest BCUT2D eigenvalue weighted by atomic mass is 16.5. The number of esters is 2. The van der Waals surface area contributed by atoms with Gasteiger partial charge in [0, 0.05) is 17.2 Å². The molecule has 0 spiro atoms. The van der Waals surface area contributed by atoms with Crippen LogP contribution in [0.1, 0.15) is 43.9 Å². The van der Waals surface area contributed by atoms with E-state index in [-0.39, 0.29) is 19.0 Å². The summed E-state index contributed by atoms with van der Waals surface area (Å²) in [6, 6.07) is 24.8. The third kappa shape index (κ3) is 4.97. The van der Waals surface area contributed by atoms with Crippen LogP contribution in [0.15, 0.2) is 101 Å². The molecule has 0 saturated heterocycles. The molecule has 9 heteroatoms. The number of carbonyl (C=O) groups excluding carboxylic acids is 3. The van der Waals surface area contributed by atoms with E-state index >= 15 is 0 Å². The highest BCUT2D eigenvalue weighted by molar-refractivity contribution is 6.14. The monoisotopic (exact) mass is 593 g/mol. The van der Waals surface area contributed by atoms with E-state index in [2.05, 4.69) is 5.32 Å². The minimum atomic E-state index is -1.27. The molecule has 6 atom stereocenters. The van der Waals surface area contributed by atoms with Crippen molar-refractivity contribution < 1.29 is 29.0 Å². The van der Waals surface area contributed by atoms with Gasteiger partial charge in [0.2, 0.25) is 0 Å². The van der Waals surface area contributed by atoms with Crippen LogP contribution in [0.3, 0.4) is 0 Å². The maximum absolute atomic E-state index is 14.8. The summed E-state index contributed by atoms with van der Waals surface area (Å²) in [5.41, 5.74) is 3.88. The van der Waals surface area contributed by atoms with Crippen LogP contribution in [0.4, 0.5) is 5.69 Å². The van der Waals surface area contributed by atoms with Gasteiger partial charge in [-0.1, -0.05) is 60.7 Å². The molecule has 6 rings (SSSR count). The number of ketones is 1. The maximum atomic E-state index is 14.8. The van der Waals surface area contributed by atoms with Gasteiger partial charge >= 0.3 is 11.9 Å². The number of phenolic OH excluding ortho intramolecular Hbond substituents is 1. The predicted molar refractivity (Wildman–Crippen MR) is 165 cm³/mol. The number of rotatable bonds is 7. The van der Waals surface area contributed by atoms with Crippen LogP contribution in [-0.4, -0.2) is 47.9 Å². The summed E-state index contributed by atoms with van der Waals surface area (Å²) in [4.78, 5) is 42.7. The number of fused-ring (bicyclic) bond motifs is 2. The summed E-state index contributed by atoms with van der Waals surface area (Å²) in [7, 11) is 0. The molecule has 0 bridgehead atoms. The number of nitrogens with zero attached hydrogens (tertiary/aromatic N) is 2. The van der Waals surface area contributed by atoms with Crippen LogP contribution in [-0.2, 0) is 23.9 Å². The lowest BCUT2D eigenvalue weighted by molar-refractivity contribution is -0.156. The Morgan fingerprint density at radius 1 is 0.841 bits per heavy atom. The van der Waals surface area contributed by atoms with Crippen molar-refractivity contribution in [1.82, 2.24) is 5.32 Å². The van der Waals surface area contributed by atoms with Crippen molar-refractivity contribution in [3.8, 4) is 5.75 Å². The summed E-state index contributed by atoms with van der Waals surface area (Å²) >= 11 is 0. The van der Waals surface area contributed by atoms with Gasteiger partial charge in [0.15, 0.2) is 5.78 Å². The Hall–Kier alpha value is -4.76. The third-order valence-electron chi connectivity index (χ3n) is 8.68. The molecule has 226 valence electrons. The van der Waals surface area contributed by atoms with Crippen molar-refractivity contribution in [3.05, 3.63) is 107 Å². The van der Waals surface area contributed by atoms with Crippen LogP contribution in [0, 0.1) is 17.8 Å². The predicted octanol–water partition coefficient (Wildman–Crippen LogP) is 4.90. The quantitative estimate of drug-likeness (QED) is 0.294. The van der Waals surface area contributed by atoms with Gasteiger partial charge in [-0.05, 0) is 61.7 Å². The maximum Gasteiger partial charge on any atom is 0.317 e. The number of hydrogen-bond donors (Lipinski definition) is 2. The molecule has 0 amide bonds. The highest BCUT2D eigenvalue weighted by Crippen LogP contribution is 2.54. The fourth-order valence-electron chi connectivity index (χ4n) is 6.96. The molecule has 0 saturated carbocycles. The molecular formula is C35H35N3O6. The number of benzene rings is 3. The second-order valence-corrected chi connectivity index (χ2v) is 11.2. The van der Waals surface area contributed by atoms with Crippen LogP contribution in [0.25, 0.3) is 0 Å². The molecule has 44 heavy (non-hydrogen) atoms. The van der Waals surface area contributed by atoms with E-state index in [1.807, 2.05) is 72.6 Å². The summed E-state index contributed by atoms with van der Waals surface area (Å²) < 4.78 is 11.2. The first-order chi connectivity index (χ1) is 21.3. The van der Waals surface area contributed by atoms with Crippen LogP contribution < -0.4 is 10.3 Å². The van der Waals surface area contributed by atoms with E-state index in [1.165, 1.54) is 0 Å². The first-order valence-electron chi connectivity index (χ1n) is 15.0. The molecule has 2 N–H and O–H groups in total. The lowest BCUT2D eigenvalue weighted by Crippen LogP contribution is -2.57. The van der Waals surface area contributed by atoms with E-state index in [4.69, 9.17) is 14.6 Å². The molecule has 2 heterocycles. The molecule has 0 aromatic heterocycles. The molecule has 1 aliphatic carbocycles. The SMILES string of the molecule is CCOC(=O)[C@@H]1C(=O)C2=C([C@H](C(=O)OCC)[C@@H]1c1ccccc1)[C@@H]1C(C)=NN(c3ccccc3)[C@H]1N[C@@H]2c1ccc(O)cc1. The lowest BCUT2D eigenvalue weighted by Gasteiger charge is -2.47. The zero-order valence-electron chi connectivity index (χ0n) is 24.8. The van der Waals surface area contributed by atoms with Crippen LogP contribution in [0.2, 0.25) is 0 Å². The minimum Gasteiger partial charge on any atom is -0.508 e. The van der Waals surface area contributed by atoms with E-state index in [1.54, 1.807) is 38.1 Å². The number of hydrazone groups is 1.